The van der Waals surface area contributed by atoms with Crippen LogP contribution in [0.5, 0.6) is 23.0 Å². The van der Waals surface area contributed by atoms with Gasteiger partial charge in [0.05, 0.1) is 28.5 Å². The van der Waals surface area contributed by atoms with Gasteiger partial charge in [-0.2, -0.15) is 0 Å². The molecule has 0 N–H and O–H groups in total. The minimum absolute atomic E-state index is 0.258. The number of nitrogens with zero attached hydrogens (tertiary/aromatic N) is 2. The summed E-state index contributed by atoms with van der Waals surface area (Å²) in [6.07, 6.45) is 1.81. The molecule has 9 heteroatoms. The van der Waals surface area contributed by atoms with Crippen LogP contribution in [0.1, 0.15) is 36.6 Å². The maximum absolute atomic E-state index is 14.1. The van der Waals surface area contributed by atoms with E-state index in [0.29, 0.717) is 57.7 Å². The molecule has 0 saturated heterocycles. The first-order valence-electron chi connectivity index (χ1n) is 15.4. The number of thiazole rings is 1. The molecule has 8 nitrogen and oxygen atoms in total. The zero-order valence-electron chi connectivity index (χ0n) is 26.3. The lowest BCUT2D eigenvalue weighted by Crippen LogP contribution is -2.40. The highest BCUT2D eigenvalue weighted by atomic mass is 32.1. The molecule has 1 aromatic heterocycles. The monoisotopic (exact) mass is 646 g/mol. The van der Waals surface area contributed by atoms with Crippen LogP contribution in [0.3, 0.4) is 0 Å². The van der Waals surface area contributed by atoms with Crippen molar-refractivity contribution in [1.29, 1.82) is 0 Å². The van der Waals surface area contributed by atoms with Crippen molar-refractivity contribution in [3.8, 4) is 23.0 Å². The predicted octanol–water partition coefficient (Wildman–Crippen LogP) is 6.01. The maximum Gasteiger partial charge on any atom is 0.343 e. The van der Waals surface area contributed by atoms with Crippen LogP contribution >= 0.6 is 11.3 Å². The number of hydrogen-bond donors (Lipinski definition) is 0. The molecular weight excluding hydrogens is 612 g/mol. The molecule has 0 saturated carbocycles. The number of hydrogen-bond acceptors (Lipinski definition) is 8. The van der Waals surface area contributed by atoms with Crippen molar-refractivity contribution in [3.63, 3.8) is 0 Å². The number of esters is 1. The van der Waals surface area contributed by atoms with E-state index in [1.165, 1.54) is 11.3 Å². The van der Waals surface area contributed by atoms with Crippen LogP contribution in [0.2, 0.25) is 0 Å². The van der Waals surface area contributed by atoms with Crippen LogP contribution < -0.4 is 33.8 Å². The summed E-state index contributed by atoms with van der Waals surface area (Å²) in [5.74, 6) is 1.83. The molecular formula is C38H34N2O6S. The molecule has 0 radical (unpaired) electrons. The molecule has 2 heterocycles. The van der Waals surface area contributed by atoms with E-state index < -0.39 is 12.0 Å². The predicted molar refractivity (Wildman–Crippen MR) is 182 cm³/mol. The number of allylic oxidation sites excluding steroid dienone is 1. The molecule has 0 amide bonds. The van der Waals surface area contributed by atoms with Crippen molar-refractivity contribution in [2.75, 3.05) is 19.8 Å². The van der Waals surface area contributed by atoms with Crippen LogP contribution in [0.4, 0.5) is 0 Å². The third kappa shape index (κ3) is 7.05. The fourth-order valence-corrected chi connectivity index (χ4v) is 6.41. The molecule has 0 fully saturated rings. The van der Waals surface area contributed by atoms with Crippen molar-refractivity contribution in [2.24, 2.45) is 4.99 Å². The number of aryl methyl sites for hydroxylation is 1. The number of carbonyl (C=O) groups is 1. The number of aromatic nitrogens is 1. The fourth-order valence-electron chi connectivity index (χ4n) is 5.36. The Hall–Kier alpha value is -5.41. The van der Waals surface area contributed by atoms with Gasteiger partial charge in [0.25, 0.3) is 5.56 Å². The number of rotatable bonds is 11. The Bertz CT molecular complexity index is 2100. The van der Waals surface area contributed by atoms with E-state index >= 15 is 0 Å². The molecule has 1 aliphatic heterocycles. The molecule has 1 aliphatic rings. The van der Waals surface area contributed by atoms with Gasteiger partial charge >= 0.3 is 5.97 Å². The Morgan fingerprint density at radius 3 is 2.23 bits per heavy atom. The van der Waals surface area contributed by atoms with E-state index in [1.54, 1.807) is 41.8 Å². The van der Waals surface area contributed by atoms with E-state index in [-0.39, 0.29) is 5.56 Å². The van der Waals surface area contributed by atoms with Gasteiger partial charge in [-0.15, -0.1) is 0 Å². The molecule has 0 spiro atoms. The van der Waals surface area contributed by atoms with Crippen LogP contribution in [0.15, 0.2) is 124 Å². The van der Waals surface area contributed by atoms with Crippen molar-refractivity contribution < 1.29 is 23.7 Å². The number of para-hydroxylation sites is 2. The number of benzene rings is 4. The average Bonchev–Trinajstić information content (AvgIpc) is 3.38. The number of carbonyl (C=O) groups excluding carboxylic acids is 1. The first kappa shape index (κ1) is 31.6. The highest BCUT2D eigenvalue weighted by Crippen LogP contribution is 2.32. The lowest BCUT2D eigenvalue weighted by Gasteiger charge is -2.24. The van der Waals surface area contributed by atoms with E-state index in [9.17, 15) is 9.59 Å². The number of ether oxygens (including phenoxy) is 4. The van der Waals surface area contributed by atoms with Crippen LogP contribution in [0.25, 0.3) is 6.08 Å². The second-order valence-electron chi connectivity index (χ2n) is 10.8. The van der Waals surface area contributed by atoms with Crippen molar-refractivity contribution in [2.45, 2.75) is 26.8 Å². The summed E-state index contributed by atoms with van der Waals surface area (Å²) in [4.78, 5) is 32.9. The zero-order valence-corrected chi connectivity index (χ0v) is 27.2. The Morgan fingerprint density at radius 2 is 1.51 bits per heavy atom. The third-order valence-electron chi connectivity index (χ3n) is 7.57. The quantitative estimate of drug-likeness (QED) is 0.0994. The smallest absolute Gasteiger partial charge is 0.343 e. The molecule has 47 heavy (non-hydrogen) atoms. The van der Waals surface area contributed by atoms with Gasteiger partial charge in [0.2, 0.25) is 0 Å². The summed E-state index contributed by atoms with van der Waals surface area (Å²) in [5, 5.41) is 0. The van der Waals surface area contributed by atoms with Gasteiger partial charge in [-0.25, -0.2) is 9.79 Å². The highest BCUT2D eigenvalue weighted by Gasteiger charge is 2.33. The molecule has 6 rings (SSSR count). The van der Waals surface area contributed by atoms with Gasteiger partial charge in [0, 0.05) is 0 Å². The minimum atomic E-state index is -0.706. The molecule has 0 aliphatic carbocycles. The first-order valence-corrected chi connectivity index (χ1v) is 16.2. The lowest BCUT2D eigenvalue weighted by atomic mass is 9.96. The lowest BCUT2D eigenvalue weighted by molar-refractivity contribution is -0.130. The molecule has 1 atom stereocenters. The third-order valence-corrected chi connectivity index (χ3v) is 8.55. The number of fused-ring (bicyclic) bond motifs is 1. The van der Waals surface area contributed by atoms with E-state index in [2.05, 4.69) is 0 Å². The zero-order chi connectivity index (χ0) is 32.8. The molecule has 1 unspecified atom stereocenters. The standard InChI is InChI=1S/C38H34N2O6S/c1-4-43-32-23-27(19-20-31(32)45-22-21-44-30-18-12-11-13-25(30)2)24-33-36(41)40-35(28-14-7-5-8-15-28)34(26(3)39-38(40)47-33)37(42)46-29-16-9-6-10-17-29/h5-20,23-24,35H,4,21-22H2,1-3H3/b33-24-. The van der Waals surface area contributed by atoms with Gasteiger partial charge in [-0.05, 0) is 73.9 Å². The van der Waals surface area contributed by atoms with Crippen molar-refractivity contribution in [3.05, 3.63) is 151 Å². The largest absolute Gasteiger partial charge is 0.490 e. The van der Waals surface area contributed by atoms with Crippen LogP contribution in [-0.4, -0.2) is 30.4 Å². The second-order valence-corrected chi connectivity index (χ2v) is 11.8. The SMILES string of the molecule is CCOc1cc(/C=c2\sc3n(c2=O)C(c2ccccc2)C(C(=O)Oc2ccccc2)=C(C)N=3)ccc1OCCOc1ccccc1C. The van der Waals surface area contributed by atoms with E-state index in [4.69, 9.17) is 23.9 Å². The summed E-state index contributed by atoms with van der Waals surface area (Å²) < 4.78 is 25.6. The van der Waals surface area contributed by atoms with Crippen LogP contribution in [-0.2, 0) is 4.79 Å². The summed E-state index contributed by atoms with van der Waals surface area (Å²) >= 11 is 1.27. The summed E-state index contributed by atoms with van der Waals surface area (Å²) in [6.45, 7) is 6.83. The summed E-state index contributed by atoms with van der Waals surface area (Å²) in [5.41, 5.74) is 3.15. The van der Waals surface area contributed by atoms with Crippen LogP contribution in [0, 0.1) is 6.92 Å². The normalized spacial score (nSPS) is 14.3. The maximum atomic E-state index is 14.1. The Morgan fingerprint density at radius 1 is 0.830 bits per heavy atom. The minimum Gasteiger partial charge on any atom is -0.490 e. The van der Waals surface area contributed by atoms with E-state index in [1.807, 2.05) is 92.7 Å². The van der Waals surface area contributed by atoms with Gasteiger partial charge in [0.1, 0.15) is 24.7 Å². The van der Waals surface area contributed by atoms with Gasteiger partial charge in [-0.1, -0.05) is 84.1 Å². The summed E-state index contributed by atoms with van der Waals surface area (Å²) in [7, 11) is 0. The second kappa shape index (κ2) is 14.3. The van der Waals surface area contributed by atoms with Crippen molar-refractivity contribution in [1.82, 2.24) is 4.57 Å². The Kier molecular flexibility index (Phi) is 9.64. The Balaban J connectivity index is 1.30. The van der Waals surface area contributed by atoms with Crippen molar-refractivity contribution >= 4 is 23.4 Å². The molecule has 238 valence electrons. The fraction of sp³-hybridized carbons (Fsp3) is 0.184. The van der Waals surface area contributed by atoms with Gasteiger partial charge in [-0.3, -0.25) is 9.36 Å². The highest BCUT2D eigenvalue weighted by molar-refractivity contribution is 7.07. The summed E-state index contributed by atoms with van der Waals surface area (Å²) in [6, 6.07) is 31.0. The van der Waals surface area contributed by atoms with E-state index in [0.717, 1.165) is 22.4 Å². The average molecular weight is 647 g/mol. The molecule has 0 bridgehead atoms. The van der Waals surface area contributed by atoms with Gasteiger partial charge < -0.3 is 18.9 Å². The topological polar surface area (TPSA) is 88.4 Å². The first-order chi connectivity index (χ1) is 22.9. The van der Waals surface area contributed by atoms with Gasteiger partial charge in [0.15, 0.2) is 16.3 Å². The Labute approximate surface area is 276 Å². The molecule has 5 aromatic rings. The molecule has 4 aromatic carbocycles.